The van der Waals surface area contributed by atoms with Gasteiger partial charge in [-0.2, -0.15) is 0 Å². The molecule has 0 aliphatic carbocycles. The maximum absolute atomic E-state index is 13.5. The van der Waals surface area contributed by atoms with Gasteiger partial charge in [0.05, 0.1) is 12.3 Å². The number of nitrogens with one attached hydrogen (secondary N) is 1. The van der Waals surface area contributed by atoms with Crippen LogP contribution in [0.4, 0.5) is 10.1 Å². The number of thioether (sulfide) groups is 1. The number of aryl methyl sites for hydroxylation is 1. The molecular formula is C27H27FN4OS. The van der Waals surface area contributed by atoms with E-state index in [9.17, 15) is 9.18 Å². The molecule has 1 aromatic heterocycles. The van der Waals surface area contributed by atoms with Crippen molar-refractivity contribution in [1.82, 2.24) is 14.8 Å². The highest BCUT2D eigenvalue weighted by atomic mass is 32.2. The van der Waals surface area contributed by atoms with Gasteiger partial charge in [0.1, 0.15) is 5.82 Å². The van der Waals surface area contributed by atoms with E-state index in [1.807, 2.05) is 60.0 Å². The molecule has 0 aliphatic heterocycles. The number of amides is 1. The van der Waals surface area contributed by atoms with Crippen LogP contribution in [-0.2, 0) is 11.3 Å². The second-order valence-electron chi connectivity index (χ2n) is 8.42. The van der Waals surface area contributed by atoms with Crippen LogP contribution >= 0.6 is 11.8 Å². The lowest BCUT2D eigenvalue weighted by Gasteiger charge is -2.16. The van der Waals surface area contributed by atoms with Crippen molar-refractivity contribution >= 4 is 23.4 Å². The number of carbonyl (C=O) groups excluding carboxylic acids is 1. The van der Waals surface area contributed by atoms with Gasteiger partial charge in [0.15, 0.2) is 11.0 Å². The number of carbonyl (C=O) groups is 1. The molecule has 0 aliphatic rings. The fourth-order valence-corrected chi connectivity index (χ4v) is 4.50. The third kappa shape index (κ3) is 5.54. The van der Waals surface area contributed by atoms with Crippen LogP contribution in [0.15, 0.2) is 78.0 Å². The fraction of sp³-hybridized carbons (Fsp3) is 0.222. The Hall–Kier alpha value is -3.45. The van der Waals surface area contributed by atoms with Crippen LogP contribution in [0.25, 0.3) is 11.4 Å². The summed E-state index contributed by atoms with van der Waals surface area (Å²) in [7, 11) is 0. The Labute approximate surface area is 203 Å². The molecule has 0 saturated heterocycles. The summed E-state index contributed by atoms with van der Waals surface area (Å²) < 4.78 is 15.4. The first kappa shape index (κ1) is 23.7. The van der Waals surface area contributed by atoms with Crippen molar-refractivity contribution in [2.24, 2.45) is 0 Å². The lowest BCUT2D eigenvalue weighted by molar-refractivity contribution is -0.113. The average Bonchev–Trinajstić information content (AvgIpc) is 3.22. The van der Waals surface area contributed by atoms with E-state index < -0.39 is 0 Å². The van der Waals surface area contributed by atoms with Gasteiger partial charge in [-0.1, -0.05) is 74.1 Å². The molecule has 4 aromatic rings. The predicted molar refractivity (Wildman–Crippen MR) is 136 cm³/mol. The van der Waals surface area contributed by atoms with Gasteiger partial charge >= 0.3 is 0 Å². The topological polar surface area (TPSA) is 59.8 Å². The molecular weight excluding hydrogens is 447 g/mol. The van der Waals surface area contributed by atoms with Gasteiger partial charge in [-0.3, -0.25) is 9.36 Å². The van der Waals surface area contributed by atoms with Crippen LogP contribution in [0.1, 0.15) is 36.5 Å². The van der Waals surface area contributed by atoms with E-state index in [1.165, 1.54) is 23.9 Å². The number of hydrogen-bond acceptors (Lipinski definition) is 4. The zero-order valence-corrected chi connectivity index (χ0v) is 20.3. The maximum atomic E-state index is 13.5. The first-order chi connectivity index (χ1) is 16.4. The van der Waals surface area contributed by atoms with Gasteiger partial charge in [0.2, 0.25) is 5.91 Å². The number of benzene rings is 3. The van der Waals surface area contributed by atoms with Crippen molar-refractivity contribution in [3.05, 3.63) is 95.3 Å². The maximum Gasteiger partial charge on any atom is 0.234 e. The normalized spacial score (nSPS) is 11.1. The van der Waals surface area contributed by atoms with Crippen LogP contribution in [-0.4, -0.2) is 26.4 Å². The minimum Gasteiger partial charge on any atom is -0.325 e. The van der Waals surface area contributed by atoms with E-state index in [2.05, 4.69) is 29.4 Å². The van der Waals surface area contributed by atoms with Crippen LogP contribution in [0.2, 0.25) is 0 Å². The highest BCUT2D eigenvalue weighted by molar-refractivity contribution is 7.99. The number of halogens is 1. The summed E-state index contributed by atoms with van der Waals surface area (Å²) in [4.78, 5) is 12.9. The Balaban J connectivity index is 1.56. The van der Waals surface area contributed by atoms with Crippen LogP contribution in [0.5, 0.6) is 0 Å². The molecule has 1 amide bonds. The van der Waals surface area contributed by atoms with Crippen molar-refractivity contribution in [3.63, 3.8) is 0 Å². The van der Waals surface area contributed by atoms with Gasteiger partial charge in [-0.15, -0.1) is 10.2 Å². The predicted octanol–water partition coefficient (Wildman–Crippen LogP) is 6.30. The van der Waals surface area contributed by atoms with Crippen molar-refractivity contribution in [1.29, 1.82) is 0 Å². The number of aromatic nitrogens is 3. The first-order valence-corrected chi connectivity index (χ1v) is 12.2. The van der Waals surface area contributed by atoms with E-state index in [0.717, 1.165) is 27.9 Å². The molecule has 174 valence electrons. The monoisotopic (exact) mass is 474 g/mol. The summed E-state index contributed by atoms with van der Waals surface area (Å²) in [5.41, 5.74) is 4.88. The molecule has 0 fully saturated rings. The summed E-state index contributed by atoms with van der Waals surface area (Å²) in [6.07, 6.45) is 0. The van der Waals surface area contributed by atoms with Crippen molar-refractivity contribution in [2.75, 3.05) is 11.1 Å². The highest BCUT2D eigenvalue weighted by Crippen LogP contribution is 2.29. The van der Waals surface area contributed by atoms with Crippen molar-refractivity contribution < 1.29 is 9.18 Å². The van der Waals surface area contributed by atoms with E-state index in [1.54, 1.807) is 12.1 Å². The first-order valence-electron chi connectivity index (χ1n) is 11.2. The molecule has 0 atom stereocenters. The van der Waals surface area contributed by atoms with Gasteiger partial charge in [-0.25, -0.2) is 4.39 Å². The van der Waals surface area contributed by atoms with Gasteiger partial charge in [0.25, 0.3) is 0 Å². The molecule has 0 bridgehead atoms. The molecule has 7 heteroatoms. The Morgan fingerprint density at radius 1 is 1.00 bits per heavy atom. The Bertz CT molecular complexity index is 1270. The minimum atomic E-state index is -0.305. The molecule has 1 N–H and O–H groups in total. The molecule has 3 aromatic carbocycles. The van der Waals surface area contributed by atoms with E-state index in [0.29, 0.717) is 23.4 Å². The largest absolute Gasteiger partial charge is 0.325 e. The second-order valence-corrected chi connectivity index (χ2v) is 9.36. The minimum absolute atomic E-state index is 0.0983. The molecule has 5 nitrogen and oxygen atoms in total. The Morgan fingerprint density at radius 2 is 1.74 bits per heavy atom. The van der Waals surface area contributed by atoms with Gasteiger partial charge < -0.3 is 5.32 Å². The number of anilines is 1. The molecule has 0 unspecified atom stereocenters. The third-order valence-corrected chi connectivity index (χ3v) is 6.49. The molecule has 34 heavy (non-hydrogen) atoms. The molecule has 0 saturated carbocycles. The lowest BCUT2D eigenvalue weighted by Crippen LogP contribution is -2.17. The van der Waals surface area contributed by atoms with Crippen LogP contribution in [0.3, 0.4) is 0 Å². The summed E-state index contributed by atoms with van der Waals surface area (Å²) in [6, 6.07) is 22.2. The standard InChI is InChI=1S/C27H27FN4OS/c1-18(2)23-11-7-8-19(3)25(23)29-24(33)17-34-27-31-30-26(21-12-14-22(28)15-13-21)32(27)16-20-9-5-4-6-10-20/h4-15,18H,16-17H2,1-3H3,(H,29,33). The number of para-hydroxylation sites is 1. The van der Waals surface area contributed by atoms with Crippen molar-refractivity contribution in [3.8, 4) is 11.4 Å². The molecule has 0 radical (unpaired) electrons. The molecule has 1 heterocycles. The number of nitrogens with zero attached hydrogens (tertiary/aromatic N) is 3. The van der Waals surface area contributed by atoms with E-state index in [-0.39, 0.29) is 17.5 Å². The summed E-state index contributed by atoms with van der Waals surface area (Å²) in [6.45, 7) is 6.77. The third-order valence-electron chi connectivity index (χ3n) is 5.53. The van der Waals surface area contributed by atoms with Crippen LogP contribution in [0, 0.1) is 12.7 Å². The summed E-state index contributed by atoms with van der Waals surface area (Å²) >= 11 is 1.34. The number of hydrogen-bond donors (Lipinski definition) is 1. The van der Waals surface area contributed by atoms with Gasteiger partial charge in [-0.05, 0) is 53.8 Å². The fourth-order valence-electron chi connectivity index (χ4n) is 3.76. The van der Waals surface area contributed by atoms with E-state index in [4.69, 9.17) is 0 Å². The SMILES string of the molecule is Cc1cccc(C(C)C)c1NC(=O)CSc1nnc(-c2ccc(F)cc2)n1Cc1ccccc1. The molecule has 0 spiro atoms. The number of rotatable bonds is 8. The smallest absolute Gasteiger partial charge is 0.234 e. The lowest BCUT2D eigenvalue weighted by atomic mass is 9.98. The van der Waals surface area contributed by atoms with Crippen molar-refractivity contribution in [2.45, 2.75) is 38.4 Å². The highest BCUT2D eigenvalue weighted by Gasteiger charge is 2.18. The van der Waals surface area contributed by atoms with Crippen LogP contribution < -0.4 is 5.32 Å². The average molecular weight is 475 g/mol. The van der Waals surface area contributed by atoms with E-state index >= 15 is 0 Å². The Kier molecular flexibility index (Phi) is 7.43. The summed E-state index contributed by atoms with van der Waals surface area (Å²) in [5.74, 6) is 0.727. The summed E-state index contributed by atoms with van der Waals surface area (Å²) in [5, 5.41) is 12.4. The zero-order valence-electron chi connectivity index (χ0n) is 19.5. The molecule has 4 rings (SSSR count). The second kappa shape index (κ2) is 10.7. The quantitative estimate of drug-likeness (QED) is 0.305. The Morgan fingerprint density at radius 3 is 2.44 bits per heavy atom. The van der Waals surface area contributed by atoms with Gasteiger partial charge in [0, 0.05) is 11.3 Å². The zero-order chi connectivity index (χ0) is 24.1.